The Morgan fingerprint density at radius 1 is 0.750 bits per heavy atom. The summed E-state index contributed by atoms with van der Waals surface area (Å²) in [5, 5.41) is 0.937. The molecular weight excluding hydrogens is 231 g/mol. The van der Waals surface area contributed by atoms with Crippen molar-refractivity contribution in [1.29, 1.82) is 0 Å². The molecule has 0 unspecified atom stereocenters. The molecule has 0 aliphatic heterocycles. The molecule has 2 aromatic rings. The third kappa shape index (κ3) is 2.74. The van der Waals surface area contributed by atoms with Gasteiger partial charge in [0.05, 0.1) is 0 Å². The largest absolute Gasteiger partial charge is 0.338 e. The highest BCUT2D eigenvalue weighted by Gasteiger charge is 2.22. The van der Waals surface area contributed by atoms with Gasteiger partial charge in [-0.25, -0.2) is 0 Å². The van der Waals surface area contributed by atoms with Gasteiger partial charge in [-0.2, -0.15) is 0 Å². The van der Waals surface area contributed by atoms with Crippen LogP contribution in [0.1, 0.15) is 0 Å². The fourth-order valence-corrected chi connectivity index (χ4v) is 2.86. The highest BCUT2D eigenvalue weighted by molar-refractivity contribution is 7.73. The fraction of sp³-hybridized carbons (Fsp3) is 0. The van der Waals surface area contributed by atoms with Crippen molar-refractivity contribution in [3.8, 4) is 0 Å². The number of hydrogen-bond acceptors (Lipinski definition) is 1. The van der Waals surface area contributed by atoms with Crippen molar-refractivity contribution in [2.45, 2.75) is 0 Å². The molecule has 1 N–H and O–H groups in total. The van der Waals surface area contributed by atoms with Crippen molar-refractivity contribution in [2.75, 3.05) is 0 Å². The van der Waals surface area contributed by atoms with Gasteiger partial charge in [-0.3, -0.25) is 4.57 Å². The minimum atomic E-state index is -3.40. The zero-order chi connectivity index (χ0) is 10.7. The quantitative estimate of drug-likeness (QED) is 0.632. The minimum Gasteiger partial charge on any atom is -0.338 e. The molecule has 0 saturated carbocycles. The maximum absolute atomic E-state index is 12.2. The minimum absolute atomic E-state index is 0. The van der Waals surface area contributed by atoms with Gasteiger partial charge in [0.15, 0.2) is 0 Å². The van der Waals surface area contributed by atoms with Crippen molar-refractivity contribution in [3.63, 3.8) is 0 Å². The summed E-state index contributed by atoms with van der Waals surface area (Å²) in [5.74, 6) is 0. The Bertz CT molecular complexity index is 441. The van der Waals surface area contributed by atoms with Gasteiger partial charge in [-0.15, -0.1) is 0 Å². The van der Waals surface area contributed by atoms with E-state index in [1.165, 1.54) is 0 Å². The van der Waals surface area contributed by atoms with Crippen molar-refractivity contribution >= 4 is 41.0 Å². The van der Waals surface area contributed by atoms with E-state index in [4.69, 9.17) is 0 Å². The first kappa shape index (κ1) is 13.5. The van der Waals surface area contributed by atoms with E-state index < -0.39 is 7.37 Å². The van der Waals surface area contributed by atoms with E-state index in [1.807, 2.05) is 12.1 Å². The summed E-state index contributed by atoms with van der Waals surface area (Å²) in [4.78, 5) is 10.0. The first-order valence-corrected chi connectivity index (χ1v) is 6.31. The summed E-state index contributed by atoms with van der Waals surface area (Å²) in [5.41, 5.74) is 0. The molecule has 0 atom stereocenters. The summed E-state index contributed by atoms with van der Waals surface area (Å²) < 4.78 is 12.2. The summed E-state index contributed by atoms with van der Waals surface area (Å²) in [6.07, 6.45) is 0. The molecule has 0 amide bonds. The molecule has 16 heavy (non-hydrogen) atoms. The standard InChI is InChI=1S/C12H11O2P.Mg.2H/c13-15(14,11-7-3-1-4-8-11)12-9-5-2-6-10-12;;;/h1-10H,(H,13,14);;;. The van der Waals surface area contributed by atoms with Crippen LogP contribution >= 0.6 is 7.37 Å². The normalized spacial score (nSPS) is 10.6. The van der Waals surface area contributed by atoms with Crippen LogP contribution in [0.5, 0.6) is 0 Å². The van der Waals surface area contributed by atoms with Crippen molar-refractivity contribution < 1.29 is 9.46 Å². The van der Waals surface area contributed by atoms with Crippen molar-refractivity contribution in [1.82, 2.24) is 0 Å². The lowest BCUT2D eigenvalue weighted by atomic mass is 10.4. The number of rotatable bonds is 2. The molecule has 0 aliphatic rings. The molecule has 2 nitrogen and oxygen atoms in total. The topological polar surface area (TPSA) is 37.3 Å². The number of hydrogen-bond donors (Lipinski definition) is 1. The average molecular weight is 245 g/mol. The molecule has 0 fully saturated rings. The third-order valence-corrected chi connectivity index (χ3v) is 4.21. The van der Waals surface area contributed by atoms with Gasteiger partial charge in [-0.1, -0.05) is 36.4 Å². The number of benzene rings is 2. The monoisotopic (exact) mass is 244 g/mol. The Kier molecular flexibility index (Phi) is 4.75. The smallest absolute Gasteiger partial charge is 0.316 e. The lowest BCUT2D eigenvalue weighted by Crippen LogP contribution is -2.14. The molecule has 2 rings (SSSR count). The van der Waals surface area contributed by atoms with Crippen LogP contribution in [0.3, 0.4) is 0 Å². The molecule has 0 heterocycles. The van der Waals surface area contributed by atoms with Crippen LogP contribution in [-0.4, -0.2) is 27.9 Å². The molecule has 80 valence electrons. The molecular formula is C12H13MgO2P. The van der Waals surface area contributed by atoms with Crippen LogP contribution in [-0.2, 0) is 4.57 Å². The van der Waals surface area contributed by atoms with Gasteiger partial charge in [0.2, 0.25) is 0 Å². The Balaban J connectivity index is 0.00000128. The third-order valence-electron chi connectivity index (χ3n) is 2.21. The maximum atomic E-state index is 12.2. The fourth-order valence-electron chi connectivity index (χ4n) is 1.41. The Morgan fingerprint density at radius 2 is 1.06 bits per heavy atom. The van der Waals surface area contributed by atoms with Gasteiger partial charge in [0, 0.05) is 10.6 Å². The Morgan fingerprint density at radius 3 is 1.38 bits per heavy atom. The Labute approximate surface area is 111 Å². The van der Waals surface area contributed by atoms with Crippen LogP contribution in [0, 0.1) is 0 Å². The lowest BCUT2D eigenvalue weighted by molar-refractivity contribution is 0.501. The zero-order valence-electron chi connectivity index (χ0n) is 8.08. The molecule has 0 bridgehead atoms. The van der Waals surface area contributed by atoms with E-state index in [2.05, 4.69) is 0 Å². The zero-order valence-corrected chi connectivity index (χ0v) is 8.97. The first-order chi connectivity index (χ1) is 7.21. The molecule has 4 heteroatoms. The molecule has 0 aromatic heterocycles. The van der Waals surface area contributed by atoms with Crippen LogP contribution in [0.15, 0.2) is 60.7 Å². The molecule has 0 aliphatic carbocycles. The van der Waals surface area contributed by atoms with Crippen LogP contribution in [0.25, 0.3) is 0 Å². The van der Waals surface area contributed by atoms with E-state index >= 15 is 0 Å². The van der Waals surface area contributed by atoms with Gasteiger partial charge in [0.25, 0.3) is 7.37 Å². The summed E-state index contributed by atoms with van der Waals surface area (Å²) in [6, 6.07) is 17.4. The summed E-state index contributed by atoms with van der Waals surface area (Å²) in [7, 11) is -3.40. The summed E-state index contributed by atoms with van der Waals surface area (Å²) in [6.45, 7) is 0. The van der Waals surface area contributed by atoms with Crippen LogP contribution in [0.4, 0.5) is 0 Å². The van der Waals surface area contributed by atoms with E-state index in [9.17, 15) is 9.46 Å². The SMILES string of the molecule is O=P(O)(c1ccccc1)c1ccccc1.[MgH2]. The summed E-state index contributed by atoms with van der Waals surface area (Å²) >= 11 is 0. The van der Waals surface area contributed by atoms with E-state index in [0.29, 0.717) is 10.6 Å². The van der Waals surface area contributed by atoms with Gasteiger partial charge < -0.3 is 4.89 Å². The van der Waals surface area contributed by atoms with Crippen LogP contribution in [0.2, 0.25) is 0 Å². The predicted octanol–water partition coefficient (Wildman–Crippen LogP) is 0.992. The van der Waals surface area contributed by atoms with Gasteiger partial charge in [-0.05, 0) is 24.3 Å². The second-order valence-electron chi connectivity index (χ2n) is 3.25. The highest BCUT2D eigenvalue weighted by atomic mass is 31.2. The van der Waals surface area contributed by atoms with Crippen molar-refractivity contribution in [3.05, 3.63) is 60.7 Å². The predicted molar refractivity (Wildman–Crippen MR) is 70.5 cm³/mol. The highest BCUT2D eigenvalue weighted by Crippen LogP contribution is 2.37. The van der Waals surface area contributed by atoms with Crippen molar-refractivity contribution in [2.24, 2.45) is 0 Å². The second kappa shape index (κ2) is 5.64. The van der Waals surface area contributed by atoms with E-state index in [1.54, 1.807) is 48.5 Å². The maximum Gasteiger partial charge on any atom is 0.316 e. The molecule has 0 radical (unpaired) electrons. The first-order valence-electron chi connectivity index (χ1n) is 4.65. The van der Waals surface area contributed by atoms with Gasteiger partial charge >= 0.3 is 23.1 Å². The molecule has 0 spiro atoms. The van der Waals surface area contributed by atoms with Crippen LogP contribution < -0.4 is 10.6 Å². The van der Waals surface area contributed by atoms with Gasteiger partial charge in [0.1, 0.15) is 0 Å². The Hall–Kier alpha value is -0.604. The molecule has 2 aromatic carbocycles. The van der Waals surface area contributed by atoms with E-state index in [0.717, 1.165) is 0 Å². The second-order valence-corrected chi connectivity index (χ2v) is 5.43. The van der Waals surface area contributed by atoms with E-state index in [-0.39, 0.29) is 23.1 Å². The molecule has 0 saturated heterocycles. The lowest BCUT2D eigenvalue weighted by Gasteiger charge is -2.11. The average Bonchev–Trinajstić information content (AvgIpc) is 2.31.